The normalized spacial score (nSPS) is 15.0. The molecule has 2 rings (SSSR count). The summed E-state index contributed by atoms with van der Waals surface area (Å²) in [6.07, 6.45) is 7.91. The minimum Gasteiger partial charge on any atom is -0.464 e. The summed E-state index contributed by atoms with van der Waals surface area (Å²) in [6.45, 7) is 0.0726. The molecule has 1 aromatic heterocycles. The molecule has 2 nitrogen and oxygen atoms in total. The summed E-state index contributed by atoms with van der Waals surface area (Å²) in [4.78, 5) is 0. The molecule has 0 aromatic carbocycles. The van der Waals surface area contributed by atoms with Crippen LogP contribution in [0.2, 0.25) is 0 Å². The Bertz CT molecular complexity index is 359. The molecule has 0 spiro atoms. The molecule has 0 fully saturated rings. The van der Waals surface area contributed by atoms with Crippen molar-refractivity contribution in [1.82, 2.24) is 0 Å². The van der Waals surface area contributed by atoms with Crippen molar-refractivity contribution < 1.29 is 9.52 Å². The van der Waals surface area contributed by atoms with E-state index >= 15 is 0 Å². The number of aliphatic hydroxyl groups is 1. The minimum atomic E-state index is 0.0726. The lowest BCUT2D eigenvalue weighted by Gasteiger charge is -1.93. The van der Waals surface area contributed by atoms with Crippen LogP contribution in [0, 0.1) is 0 Å². The van der Waals surface area contributed by atoms with E-state index in [1.54, 1.807) is 6.26 Å². The molecule has 1 aromatic rings. The number of rotatable bonds is 1. The lowest BCUT2D eigenvalue weighted by molar-refractivity contribution is 0.279. The Labute approximate surface area is 64.5 Å². The Balaban J connectivity index is 2.73. The van der Waals surface area contributed by atoms with Gasteiger partial charge in [-0.3, -0.25) is 0 Å². The van der Waals surface area contributed by atoms with Crippen molar-refractivity contribution in [2.45, 2.75) is 19.4 Å². The van der Waals surface area contributed by atoms with Crippen LogP contribution >= 0.6 is 0 Å². The van der Waals surface area contributed by atoms with E-state index < -0.39 is 0 Å². The molecule has 0 radical (unpaired) electrons. The summed E-state index contributed by atoms with van der Waals surface area (Å²) >= 11 is 0. The molecular formula is C9H10O2. The van der Waals surface area contributed by atoms with Gasteiger partial charge in [-0.15, -0.1) is 0 Å². The zero-order valence-electron chi connectivity index (χ0n) is 6.21. The molecule has 0 unspecified atom stereocenters. The maximum Gasteiger partial charge on any atom is 0.129 e. The fraction of sp³-hybridized carbons (Fsp3) is 0.333. The lowest BCUT2D eigenvalue weighted by atomic mass is 10.1. The molecule has 11 heavy (non-hydrogen) atoms. The Morgan fingerprint density at radius 2 is 2.18 bits per heavy atom. The van der Waals surface area contributed by atoms with Gasteiger partial charge >= 0.3 is 0 Å². The van der Waals surface area contributed by atoms with Crippen molar-refractivity contribution in [3.8, 4) is 0 Å². The van der Waals surface area contributed by atoms with E-state index in [1.165, 1.54) is 0 Å². The van der Waals surface area contributed by atoms with E-state index in [-0.39, 0.29) is 6.61 Å². The van der Waals surface area contributed by atoms with Gasteiger partial charge in [0.2, 0.25) is 0 Å². The highest BCUT2D eigenvalue weighted by Crippen LogP contribution is 1.98. The smallest absolute Gasteiger partial charge is 0.129 e. The summed E-state index contributed by atoms with van der Waals surface area (Å²) in [5.41, 5.74) is 1.82. The van der Waals surface area contributed by atoms with Gasteiger partial charge in [-0.05, 0) is 18.9 Å². The molecule has 1 heterocycles. The first-order valence-corrected chi connectivity index (χ1v) is 3.79. The van der Waals surface area contributed by atoms with Crippen LogP contribution in [0.25, 0.3) is 12.2 Å². The lowest BCUT2D eigenvalue weighted by Crippen LogP contribution is -2.24. The van der Waals surface area contributed by atoms with Crippen molar-refractivity contribution in [2.75, 3.05) is 0 Å². The van der Waals surface area contributed by atoms with E-state index in [9.17, 15) is 0 Å². The molecule has 0 bridgehead atoms. The van der Waals surface area contributed by atoms with Crippen LogP contribution in [0.15, 0.2) is 10.7 Å². The van der Waals surface area contributed by atoms with Gasteiger partial charge in [0.25, 0.3) is 0 Å². The fourth-order valence-electron chi connectivity index (χ4n) is 1.37. The Kier molecular flexibility index (Phi) is 1.55. The topological polar surface area (TPSA) is 33.4 Å². The number of hydrogen-bond acceptors (Lipinski definition) is 2. The number of aliphatic hydroxyl groups excluding tert-OH is 1. The second-order valence-electron chi connectivity index (χ2n) is 2.68. The van der Waals surface area contributed by atoms with Crippen molar-refractivity contribution >= 4 is 12.2 Å². The van der Waals surface area contributed by atoms with Crippen molar-refractivity contribution in [1.29, 1.82) is 0 Å². The molecular weight excluding hydrogens is 140 g/mol. The first-order valence-electron chi connectivity index (χ1n) is 3.79. The quantitative estimate of drug-likeness (QED) is 0.617. The van der Waals surface area contributed by atoms with Gasteiger partial charge in [0.15, 0.2) is 0 Å². The van der Waals surface area contributed by atoms with Crippen LogP contribution in [-0.2, 0) is 6.61 Å². The number of hydrogen-bond donors (Lipinski definition) is 1. The average molecular weight is 150 g/mol. The largest absolute Gasteiger partial charge is 0.464 e. The van der Waals surface area contributed by atoms with Gasteiger partial charge in [0.1, 0.15) is 5.42 Å². The van der Waals surface area contributed by atoms with Gasteiger partial charge in [-0.25, -0.2) is 0 Å². The monoisotopic (exact) mass is 150 g/mol. The van der Waals surface area contributed by atoms with Gasteiger partial charge in [0.05, 0.1) is 12.9 Å². The first-order chi connectivity index (χ1) is 5.42. The Hall–Kier alpha value is -1.02. The summed E-state index contributed by atoms with van der Waals surface area (Å²) in [7, 11) is 0. The van der Waals surface area contributed by atoms with Crippen LogP contribution in [0.1, 0.15) is 18.4 Å². The molecule has 2 heteroatoms. The van der Waals surface area contributed by atoms with Crippen LogP contribution in [0.5, 0.6) is 0 Å². The molecule has 0 atom stereocenters. The van der Waals surface area contributed by atoms with Gasteiger partial charge in [-0.2, -0.15) is 0 Å². The average Bonchev–Trinajstić information content (AvgIpc) is 2.47. The Morgan fingerprint density at radius 1 is 1.36 bits per heavy atom. The number of fused-ring (bicyclic) bond motifs is 1. The molecule has 1 N–H and O–H groups in total. The maximum absolute atomic E-state index is 8.89. The van der Waals surface area contributed by atoms with Gasteiger partial charge < -0.3 is 9.52 Å². The molecule has 58 valence electrons. The fourth-order valence-corrected chi connectivity index (χ4v) is 1.37. The summed E-state index contributed by atoms with van der Waals surface area (Å²) < 4.78 is 5.23. The van der Waals surface area contributed by atoms with Crippen LogP contribution in [0.3, 0.4) is 0 Å². The second kappa shape index (κ2) is 2.55. The molecule has 0 saturated carbocycles. The second-order valence-corrected chi connectivity index (χ2v) is 2.68. The highest BCUT2D eigenvalue weighted by atomic mass is 16.3. The number of furan rings is 1. The highest BCUT2D eigenvalue weighted by Gasteiger charge is 2.01. The van der Waals surface area contributed by atoms with E-state index in [0.717, 1.165) is 29.0 Å². The van der Waals surface area contributed by atoms with E-state index in [2.05, 4.69) is 12.2 Å². The molecule has 0 amide bonds. The summed E-state index contributed by atoms with van der Waals surface area (Å²) in [5.74, 6) is 0. The standard InChI is InChI=1S/C9H10O2/c10-5-7-6-11-9-4-2-1-3-8(7)9/h3-4,6,10H,1-2,5H2. The predicted molar refractivity (Wildman–Crippen MR) is 42.0 cm³/mol. The SMILES string of the molecule is OCc1coc2c1=CCCC=2. The van der Waals surface area contributed by atoms with E-state index in [4.69, 9.17) is 9.52 Å². The van der Waals surface area contributed by atoms with E-state index in [1.807, 2.05) is 0 Å². The van der Waals surface area contributed by atoms with Crippen molar-refractivity contribution in [3.05, 3.63) is 22.5 Å². The molecule has 1 aliphatic rings. The predicted octanol–water partition coefficient (Wildman–Crippen LogP) is 0.127. The summed E-state index contributed by atoms with van der Waals surface area (Å²) in [5, 5.41) is 9.97. The third kappa shape index (κ3) is 0.994. The minimum absolute atomic E-state index is 0.0726. The van der Waals surface area contributed by atoms with Crippen LogP contribution in [0.4, 0.5) is 0 Å². The third-order valence-electron chi connectivity index (χ3n) is 1.95. The zero-order valence-corrected chi connectivity index (χ0v) is 6.21. The first kappa shape index (κ1) is 6.68. The van der Waals surface area contributed by atoms with E-state index in [0.29, 0.717) is 0 Å². The van der Waals surface area contributed by atoms with Crippen LogP contribution in [-0.4, -0.2) is 5.11 Å². The molecule has 0 saturated heterocycles. The van der Waals surface area contributed by atoms with Crippen molar-refractivity contribution in [3.63, 3.8) is 0 Å². The Morgan fingerprint density at radius 3 is 3.00 bits per heavy atom. The summed E-state index contributed by atoms with van der Waals surface area (Å²) in [6, 6.07) is 0. The third-order valence-corrected chi connectivity index (χ3v) is 1.95. The van der Waals surface area contributed by atoms with Gasteiger partial charge in [0, 0.05) is 10.8 Å². The molecule has 1 aliphatic carbocycles. The zero-order chi connectivity index (χ0) is 7.68. The molecule has 0 aliphatic heterocycles. The van der Waals surface area contributed by atoms with Crippen LogP contribution < -0.4 is 10.6 Å². The van der Waals surface area contributed by atoms with Gasteiger partial charge in [-0.1, -0.05) is 6.08 Å². The highest BCUT2D eigenvalue weighted by molar-refractivity contribution is 5.37. The maximum atomic E-state index is 8.89. The van der Waals surface area contributed by atoms with Crippen molar-refractivity contribution in [2.24, 2.45) is 0 Å².